The molecule has 0 aliphatic rings. The Morgan fingerprint density at radius 3 is 2.14 bits per heavy atom. The standard InChI is InChI=1S/C38H38BrN7O3/c39-27-16-18-30(34-29-14-8-7-11-26(29)15-17-31(34)35(41)47)32(24-27)36(48)46-33(23-25-9-3-1-4-10-25)37(49)42-21-22-44-38(43-20-19-40)45-28-12-5-2-6-13-28/h1-18,24,33H,19-23,40H2,(H2,41,47)(H,42,49)(H,46,48)(H2,43,44,45). The second-order valence-electron chi connectivity index (χ2n) is 11.2. The fourth-order valence-electron chi connectivity index (χ4n) is 5.44. The number of halogens is 1. The molecule has 0 fully saturated rings. The molecule has 11 heteroatoms. The van der Waals surface area contributed by atoms with Crippen molar-refractivity contribution in [2.75, 3.05) is 26.2 Å². The van der Waals surface area contributed by atoms with E-state index in [1.165, 1.54) is 0 Å². The summed E-state index contributed by atoms with van der Waals surface area (Å²) in [5.74, 6) is -0.904. The highest BCUT2D eigenvalue weighted by atomic mass is 79.9. The minimum Gasteiger partial charge on any atom is -0.366 e. The largest absolute Gasteiger partial charge is 0.366 e. The van der Waals surface area contributed by atoms with E-state index < -0.39 is 17.9 Å². The number of fused-ring (bicyclic) bond motifs is 1. The summed E-state index contributed by atoms with van der Waals surface area (Å²) >= 11 is 3.49. The number of primary amides is 1. The van der Waals surface area contributed by atoms with Gasteiger partial charge in [-0.05, 0) is 52.2 Å². The molecule has 1 atom stereocenters. The van der Waals surface area contributed by atoms with Crippen LogP contribution < -0.4 is 32.7 Å². The molecule has 0 bridgehead atoms. The van der Waals surface area contributed by atoms with Crippen LogP contribution in [0.15, 0.2) is 125 Å². The Labute approximate surface area is 293 Å². The van der Waals surface area contributed by atoms with Crippen LogP contribution in [0.2, 0.25) is 0 Å². The number of nitrogens with one attached hydrogen (secondary N) is 4. The van der Waals surface area contributed by atoms with Gasteiger partial charge in [-0.1, -0.05) is 101 Å². The summed E-state index contributed by atoms with van der Waals surface area (Å²) < 4.78 is 0.661. The van der Waals surface area contributed by atoms with Gasteiger partial charge >= 0.3 is 0 Å². The monoisotopic (exact) mass is 719 g/mol. The topological polar surface area (TPSA) is 164 Å². The quantitative estimate of drug-likeness (QED) is 0.0590. The smallest absolute Gasteiger partial charge is 0.252 e. The Balaban J connectivity index is 1.38. The molecule has 8 N–H and O–H groups in total. The average molecular weight is 721 g/mol. The number of nitrogens with two attached hydrogens (primary N) is 2. The average Bonchev–Trinajstić information content (AvgIpc) is 3.12. The van der Waals surface area contributed by atoms with Crippen molar-refractivity contribution >= 4 is 56.1 Å². The predicted molar refractivity (Wildman–Crippen MR) is 199 cm³/mol. The molecule has 0 radical (unpaired) electrons. The third-order valence-electron chi connectivity index (χ3n) is 7.75. The van der Waals surface area contributed by atoms with Crippen LogP contribution in [-0.2, 0) is 11.2 Å². The number of amides is 3. The number of carbonyl (C=O) groups is 3. The molecule has 1 unspecified atom stereocenters. The number of rotatable bonds is 13. The van der Waals surface area contributed by atoms with Crippen molar-refractivity contribution in [2.45, 2.75) is 12.5 Å². The number of guanidine groups is 1. The van der Waals surface area contributed by atoms with Crippen LogP contribution in [0.4, 0.5) is 5.69 Å². The SMILES string of the molecule is NCCNC(=Nc1ccccc1)NCCNC(=O)C(Cc1ccccc1)NC(=O)c1cc(Br)ccc1-c1c(C(N)=O)ccc2ccccc12. The minimum atomic E-state index is -0.905. The van der Waals surface area contributed by atoms with E-state index >= 15 is 0 Å². The molecular weight excluding hydrogens is 682 g/mol. The Morgan fingerprint density at radius 2 is 1.41 bits per heavy atom. The number of para-hydroxylation sites is 1. The summed E-state index contributed by atoms with van der Waals surface area (Å²) in [5.41, 5.74) is 14.8. The van der Waals surface area contributed by atoms with Crippen LogP contribution in [0.1, 0.15) is 26.3 Å². The second-order valence-corrected chi connectivity index (χ2v) is 12.1. The predicted octanol–water partition coefficient (Wildman–Crippen LogP) is 4.65. The van der Waals surface area contributed by atoms with Gasteiger partial charge in [-0.2, -0.15) is 0 Å². The molecule has 5 aromatic carbocycles. The number of aliphatic imine (C=N–C) groups is 1. The van der Waals surface area contributed by atoms with Gasteiger partial charge in [0.15, 0.2) is 5.96 Å². The lowest BCUT2D eigenvalue weighted by Crippen LogP contribution is -2.50. The van der Waals surface area contributed by atoms with Gasteiger partial charge in [0.05, 0.1) is 5.69 Å². The van der Waals surface area contributed by atoms with Crippen LogP contribution >= 0.6 is 15.9 Å². The Kier molecular flexibility index (Phi) is 12.1. The van der Waals surface area contributed by atoms with Crippen LogP contribution in [0.25, 0.3) is 21.9 Å². The second kappa shape index (κ2) is 17.0. The first-order valence-electron chi connectivity index (χ1n) is 15.9. The highest BCUT2D eigenvalue weighted by Gasteiger charge is 2.25. The van der Waals surface area contributed by atoms with Gasteiger partial charge in [-0.25, -0.2) is 4.99 Å². The van der Waals surface area contributed by atoms with Gasteiger partial charge in [0.25, 0.3) is 5.91 Å². The number of benzene rings is 5. The normalized spacial score (nSPS) is 11.8. The first kappa shape index (κ1) is 34.8. The van der Waals surface area contributed by atoms with E-state index in [0.717, 1.165) is 22.0 Å². The molecule has 0 aliphatic heterocycles. The maximum atomic E-state index is 14.1. The fraction of sp³-hybridized carbons (Fsp3) is 0.158. The number of carbonyl (C=O) groups excluding carboxylic acids is 3. The Morgan fingerprint density at radius 1 is 0.735 bits per heavy atom. The molecule has 0 saturated carbocycles. The van der Waals surface area contributed by atoms with E-state index in [9.17, 15) is 14.4 Å². The van der Waals surface area contributed by atoms with Gasteiger partial charge in [0.1, 0.15) is 6.04 Å². The Bertz CT molecular complexity index is 1950. The zero-order valence-corrected chi connectivity index (χ0v) is 28.4. The molecule has 3 amide bonds. The number of nitrogens with zero attached hydrogens (tertiary/aromatic N) is 1. The summed E-state index contributed by atoms with van der Waals surface area (Å²) in [6, 6.07) is 34.4. The maximum absolute atomic E-state index is 14.1. The summed E-state index contributed by atoms with van der Waals surface area (Å²) in [7, 11) is 0. The zero-order chi connectivity index (χ0) is 34.6. The van der Waals surface area contributed by atoms with Crippen LogP contribution in [0, 0.1) is 0 Å². The van der Waals surface area contributed by atoms with Crippen molar-refractivity contribution in [3.63, 3.8) is 0 Å². The third-order valence-corrected chi connectivity index (χ3v) is 8.24. The van der Waals surface area contributed by atoms with E-state index in [1.54, 1.807) is 24.3 Å². The van der Waals surface area contributed by atoms with E-state index in [0.29, 0.717) is 41.2 Å². The van der Waals surface area contributed by atoms with Crippen LogP contribution in [0.5, 0.6) is 0 Å². The van der Waals surface area contributed by atoms with Crippen LogP contribution in [-0.4, -0.2) is 55.9 Å². The van der Waals surface area contributed by atoms with Gasteiger partial charge < -0.3 is 32.7 Å². The molecule has 0 aromatic heterocycles. The molecule has 0 saturated heterocycles. The van der Waals surface area contributed by atoms with Crippen LogP contribution in [0.3, 0.4) is 0 Å². The van der Waals surface area contributed by atoms with Gasteiger partial charge in [0.2, 0.25) is 11.8 Å². The van der Waals surface area contributed by atoms with E-state index in [4.69, 9.17) is 11.5 Å². The van der Waals surface area contributed by atoms with Crippen molar-refractivity contribution < 1.29 is 14.4 Å². The third kappa shape index (κ3) is 9.31. The van der Waals surface area contributed by atoms with E-state index in [2.05, 4.69) is 42.2 Å². The van der Waals surface area contributed by atoms with Gasteiger partial charge in [0, 0.05) is 53.8 Å². The minimum absolute atomic E-state index is 0.259. The van der Waals surface area contributed by atoms with Gasteiger partial charge in [-0.3, -0.25) is 14.4 Å². The fourth-order valence-corrected chi connectivity index (χ4v) is 5.80. The van der Waals surface area contributed by atoms with Crippen molar-refractivity contribution in [3.8, 4) is 11.1 Å². The van der Waals surface area contributed by atoms with Crippen molar-refractivity contribution in [2.24, 2.45) is 16.5 Å². The zero-order valence-electron chi connectivity index (χ0n) is 26.8. The molecule has 0 aliphatic carbocycles. The first-order chi connectivity index (χ1) is 23.8. The summed E-state index contributed by atoms with van der Waals surface area (Å²) in [6.45, 7) is 1.58. The molecule has 250 valence electrons. The molecule has 5 aromatic rings. The first-order valence-corrected chi connectivity index (χ1v) is 16.7. The number of hydrogen-bond acceptors (Lipinski definition) is 5. The highest BCUT2D eigenvalue weighted by molar-refractivity contribution is 9.10. The number of hydrogen-bond donors (Lipinski definition) is 6. The molecule has 49 heavy (non-hydrogen) atoms. The maximum Gasteiger partial charge on any atom is 0.252 e. The highest BCUT2D eigenvalue weighted by Crippen LogP contribution is 2.35. The lowest BCUT2D eigenvalue weighted by molar-refractivity contribution is -0.122. The van der Waals surface area contributed by atoms with E-state index in [-0.39, 0.29) is 30.0 Å². The lowest BCUT2D eigenvalue weighted by Gasteiger charge is -2.21. The molecule has 0 spiro atoms. The lowest BCUT2D eigenvalue weighted by atomic mass is 9.90. The Hall–Kier alpha value is -5.52. The van der Waals surface area contributed by atoms with Crippen molar-refractivity contribution in [1.29, 1.82) is 0 Å². The molecular formula is C38H38BrN7O3. The molecule has 10 nitrogen and oxygen atoms in total. The molecule has 0 heterocycles. The van der Waals surface area contributed by atoms with Crippen molar-refractivity contribution in [1.82, 2.24) is 21.3 Å². The van der Waals surface area contributed by atoms with Crippen molar-refractivity contribution in [3.05, 3.63) is 136 Å². The van der Waals surface area contributed by atoms with Gasteiger partial charge in [-0.15, -0.1) is 0 Å². The summed E-state index contributed by atoms with van der Waals surface area (Å²) in [5, 5.41) is 14.0. The summed E-state index contributed by atoms with van der Waals surface area (Å²) in [6.07, 6.45) is 0.259. The summed E-state index contributed by atoms with van der Waals surface area (Å²) in [4.78, 5) is 45.0. The molecule has 5 rings (SSSR count). The van der Waals surface area contributed by atoms with E-state index in [1.807, 2.05) is 91.0 Å².